The number of carbonyl (C=O) groups excluding carboxylic acids is 2. The van der Waals surface area contributed by atoms with Gasteiger partial charge < -0.3 is 15.1 Å². The molecule has 0 aromatic heterocycles. The Bertz CT molecular complexity index is 582. The van der Waals surface area contributed by atoms with Gasteiger partial charge in [-0.05, 0) is 31.9 Å². The van der Waals surface area contributed by atoms with Crippen molar-refractivity contribution in [2.24, 2.45) is 5.92 Å². The maximum absolute atomic E-state index is 13.2. The summed E-state index contributed by atoms with van der Waals surface area (Å²) in [5.74, 6) is 0.195. The van der Waals surface area contributed by atoms with Crippen molar-refractivity contribution in [1.82, 2.24) is 15.1 Å². The fourth-order valence-electron chi connectivity index (χ4n) is 4.03. The van der Waals surface area contributed by atoms with E-state index in [1.54, 1.807) is 4.90 Å². The van der Waals surface area contributed by atoms with Crippen LogP contribution in [-0.4, -0.2) is 54.8 Å². The molecule has 1 aromatic rings. The van der Waals surface area contributed by atoms with Crippen molar-refractivity contribution >= 4 is 11.8 Å². The summed E-state index contributed by atoms with van der Waals surface area (Å²) in [6.07, 6.45) is 3.11. The van der Waals surface area contributed by atoms with Crippen molar-refractivity contribution in [3.63, 3.8) is 0 Å². The van der Waals surface area contributed by atoms with Crippen LogP contribution in [0.4, 0.5) is 0 Å². The van der Waals surface area contributed by atoms with E-state index in [1.165, 1.54) is 0 Å². The fraction of sp³-hybridized carbons (Fsp3) is 0.579. The van der Waals surface area contributed by atoms with Crippen LogP contribution < -0.4 is 5.32 Å². The summed E-state index contributed by atoms with van der Waals surface area (Å²) >= 11 is 0. The predicted molar refractivity (Wildman–Crippen MR) is 93.3 cm³/mol. The molecule has 0 radical (unpaired) electrons. The van der Waals surface area contributed by atoms with Gasteiger partial charge >= 0.3 is 0 Å². The average Bonchev–Trinajstić information content (AvgIpc) is 2.64. The molecule has 2 heterocycles. The lowest BCUT2D eigenvalue weighted by molar-refractivity contribution is -0.147. The first-order chi connectivity index (χ1) is 11.6. The lowest BCUT2D eigenvalue weighted by Gasteiger charge is -2.42. The second-order valence-electron chi connectivity index (χ2n) is 6.89. The Kier molecular flexibility index (Phi) is 5.19. The lowest BCUT2D eigenvalue weighted by Crippen LogP contribution is -2.50. The summed E-state index contributed by atoms with van der Waals surface area (Å²) < 4.78 is 0. The quantitative estimate of drug-likeness (QED) is 0.920. The van der Waals surface area contributed by atoms with Gasteiger partial charge in [-0.2, -0.15) is 0 Å². The normalized spacial score (nSPS) is 25.8. The topological polar surface area (TPSA) is 52.7 Å². The SMILES string of the molecule is CNC1CCN(C(=O)C2CCC(=O)N(C)C2c2ccccc2)CC1. The highest BCUT2D eigenvalue weighted by Gasteiger charge is 2.40. The third-order valence-corrected chi connectivity index (χ3v) is 5.53. The molecule has 0 bridgehead atoms. The minimum absolute atomic E-state index is 0.127. The number of hydrogen-bond acceptors (Lipinski definition) is 3. The number of carbonyl (C=O) groups is 2. The molecule has 2 aliphatic rings. The number of piperidine rings is 2. The molecule has 5 nitrogen and oxygen atoms in total. The lowest BCUT2D eigenvalue weighted by atomic mass is 9.83. The highest BCUT2D eigenvalue weighted by Crippen LogP contribution is 2.37. The molecule has 24 heavy (non-hydrogen) atoms. The Morgan fingerprint density at radius 2 is 1.79 bits per heavy atom. The molecule has 2 unspecified atom stereocenters. The van der Waals surface area contributed by atoms with E-state index in [-0.39, 0.29) is 23.8 Å². The monoisotopic (exact) mass is 329 g/mol. The summed E-state index contributed by atoms with van der Waals surface area (Å²) in [5, 5.41) is 3.30. The standard InChI is InChI=1S/C19H27N3O2/c1-20-15-10-12-22(13-11-15)19(24)16-8-9-17(23)21(2)18(16)14-6-4-3-5-7-14/h3-7,15-16,18,20H,8-13H2,1-2H3. The van der Waals surface area contributed by atoms with Gasteiger partial charge in [0, 0.05) is 32.6 Å². The van der Waals surface area contributed by atoms with Gasteiger partial charge in [0.1, 0.15) is 0 Å². The van der Waals surface area contributed by atoms with Gasteiger partial charge in [0.25, 0.3) is 0 Å². The zero-order valence-corrected chi connectivity index (χ0v) is 14.6. The zero-order valence-electron chi connectivity index (χ0n) is 14.6. The van der Waals surface area contributed by atoms with Crippen molar-refractivity contribution in [3.8, 4) is 0 Å². The number of amides is 2. The maximum atomic E-state index is 13.2. The van der Waals surface area contributed by atoms with Gasteiger partial charge in [0.15, 0.2) is 0 Å². The summed E-state index contributed by atoms with van der Waals surface area (Å²) in [7, 11) is 3.81. The molecule has 2 saturated heterocycles. The van der Waals surface area contributed by atoms with Crippen LogP contribution in [0, 0.1) is 5.92 Å². The Morgan fingerprint density at radius 3 is 2.42 bits per heavy atom. The Hall–Kier alpha value is -1.88. The van der Waals surface area contributed by atoms with Crippen molar-refractivity contribution in [1.29, 1.82) is 0 Å². The number of likely N-dealkylation sites (tertiary alicyclic amines) is 2. The molecule has 2 amide bonds. The molecule has 3 rings (SSSR count). The third kappa shape index (κ3) is 3.31. The minimum Gasteiger partial charge on any atom is -0.342 e. The number of nitrogens with zero attached hydrogens (tertiary/aromatic N) is 2. The van der Waals surface area contributed by atoms with E-state index in [0.717, 1.165) is 31.5 Å². The van der Waals surface area contributed by atoms with E-state index in [0.29, 0.717) is 18.9 Å². The fourth-order valence-corrected chi connectivity index (χ4v) is 4.03. The second kappa shape index (κ2) is 7.34. The molecule has 0 saturated carbocycles. The molecule has 130 valence electrons. The van der Waals surface area contributed by atoms with Crippen molar-refractivity contribution in [2.75, 3.05) is 27.2 Å². The molecule has 1 N–H and O–H groups in total. The number of nitrogens with one attached hydrogen (secondary N) is 1. The van der Waals surface area contributed by atoms with Gasteiger partial charge in [0.05, 0.1) is 12.0 Å². The van der Waals surface area contributed by atoms with E-state index >= 15 is 0 Å². The third-order valence-electron chi connectivity index (χ3n) is 5.53. The van der Waals surface area contributed by atoms with Crippen LogP contribution in [0.3, 0.4) is 0 Å². The van der Waals surface area contributed by atoms with E-state index in [1.807, 2.05) is 49.3 Å². The Morgan fingerprint density at radius 1 is 1.12 bits per heavy atom. The average molecular weight is 329 g/mol. The van der Waals surface area contributed by atoms with E-state index in [4.69, 9.17) is 0 Å². The maximum Gasteiger partial charge on any atom is 0.228 e. The molecule has 2 fully saturated rings. The summed E-state index contributed by atoms with van der Waals surface area (Å²) in [6.45, 7) is 1.61. The van der Waals surface area contributed by atoms with Crippen LogP contribution in [0.15, 0.2) is 30.3 Å². The molecule has 5 heteroatoms. The second-order valence-corrected chi connectivity index (χ2v) is 6.89. The van der Waals surface area contributed by atoms with E-state index < -0.39 is 0 Å². The van der Waals surface area contributed by atoms with Crippen LogP contribution in [0.25, 0.3) is 0 Å². The Labute approximate surface area is 144 Å². The van der Waals surface area contributed by atoms with E-state index in [9.17, 15) is 9.59 Å². The highest BCUT2D eigenvalue weighted by atomic mass is 16.2. The first-order valence-electron chi connectivity index (χ1n) is 8.88. The van der Waals surface area contributed by atoms with Gasteiger partial charge in [-0.1, -0.05) is 30.3 Å². The largest absolute Gasteiger partial charge is 0.342 e. The van der Waals surface area contributed by atoms with Crippen LogP contribution in [0.2, 0.25) is 0 Å². The molecule has 0 spiro atoms. The van der Waals surface area contributed by atoms with Crippen molar-refractivity contribution in [3.05, 3.63) is 35.9 Å². The number of hydrogen-bond donors (Lipinski definition) is 1. The zero-order chi connectivity index (χ0) is 17.1. The molecule has 2 aliphatic heterocycles. The summed E-state index contributed by atoms with van der Waals surface area (Å²) in [6, 6.07) is 10.3. The smallest absolute Gasteiger partial charge is 0.228 e. The van der Waals surface area contributed by atoms with Crippen molar-refractivity contribution in [2.45, 2.75) is 37.8 Å². The molecular formula is C19H27N3O2. The first kappa shape index (κ1) is 17.0. The molecular weight excluding hydrogens is 302 g/mol. The van der Waals surface area contributed by atoms with Gasteiger partial charge in [-0.3, -0.25) is 9.59 Å². The Balaban J connectivity index is 1.79. The van der Waals surface area contributed by atoms with Crippen LogP contribution >= 0.6 is 0 Å². The summed E-state index contributed by atoms with van der Waals surface area (Å²) in [5.41, 5.74) is 1.05. The van der Waals surface area contributed by atoms with Crippen LogP contribution in [0.5, 0.6) is 0 Å². The molecule has 1 aromatic carbocycles. The minimum atomic E-state index is -0.151. The van der Waals surface area contributed by atoms with Crippen LogP contribution in [0.1, 0.15) is 37.3 Å². The van der Waals surface area contributed by atoms with Gasteiger partial charge in [-0.25, -0.2) is 0 Å². The first-order valence-corrected chi connectivity index (χ1v) is 8.88. The number of benzene rings is 1. The van der Waals surface area contributed by atoms with Gasteiger partial charge in [-0.15, -0.1) is 0 Å². The summed E-state index contributed by atoms with van der Waals surface area (Å²) in [4.78, 5) is 29.1. The number of rotatable bonds is 3. The molecule has 2 atom stereocenters. The van der Waals surface area contributed by atoms with Crippen LogP contribution in [-0.2, 0) is 9.59 Å². The highest BCUT2D eigenvalue weighted by molar-refractivity contribution is 5.85. The predicted octanol–water partition coefficient (Wildman–Crippen LogP) is 1.81. The van der Waals surface area contributed by atoms with E-state index in [2.05, 4.69) is 5.32 Å². The van der Waals surface area contributed by atoms with Crippen molar-refractivity contribution < 1.29 is 9.59 Å². The van der Waals surface area contributed by atoms with Gasteiger partial charge in [0.2, 0.25) is 11.8 Å². The molecule has 0 aliphatic carbocycles.